The molecular weight excluding hydrogens is 362 g/mol. The minimum absolute atomic E-state index is 0. The first kappa shape index (κ1) is 23.1. The number of carbonyl (C=O) groups excluding carboxylic acids is 4. The van der Waals surface area contributed by atoms with Crippen LogP contribution in [-0.4, -0.2) is 61.1 Å². The molecule has 5 atom stereocenters. The summed E-state index contributed by atoms with van der Waals surface area (Å²) >= 11 is 0. The average molecular weight is 384 g/mol. The molecule has 0 aromatic heterocycles. The largest absolute Gasteiger partial charge is 0.463 e. The predicted molar refractivity (Wildman–Crippen MR) is 83.4 cm³/mol. The van der Waals surface area contributed by atoms with Gasteiger partial charge in [0.15, 0.2) is 12.2 Å². The number of halogens is 1. The van der Waals surface area contributed by atoms with Crippen LogP contribution in [0.15, 0.2) is 0 Å². The number of rotatable bonds is 5. The lowest BCUT2D eigenvalue weighted by molar-refractivity contribution is -0.267. The highest BCUT2D eigenvalue weighted by Gasteiger charge is 2.50. The van der Waals surface area contributed by atoms with Crippen molar-refractivity contribution in [3.05, 3.63) is 0 Å². The van der Waals surface area contributed by atoms with E-state index in [4.69, 9.17) is 29.4 Å². The molecule has 11 heteroatoms. The SMILES string of the molecule is CC(=O)OCC1O[C@@H](OC(C)=O)C(N)C(OC(C)=O)[C@@H]1OC(C)=O.Cl. The van der Waals surface area contributed by atoms with Gasteiger partial charge in [0.25, 0.3) is 0 Å². The van der Waals surface area contributed by atoms with Crippen LogP contribution in [0, 0.1) is 0 Å². The quantitative estimate of drug-likeness (QED) is 0.485. The standard InChI is InChI=1S/C14H21NO9.ClH/c1-6(16)20-5-10-12(21-7(2)17)13(22-8(3)18)11(15)14(24-10)23-9(4)19;/h10-14H,5,15H2,1-4H3;1H/t10?,11?,12-,13?,14-;/m1./s1. The summed E-state index contributed by atoms with van der Waals surface area (Å²) in [6, 6.07) is -1.10. The van der Waals surface area contributed by atoms with E-state index in [9.17, 15) is 19.2 Å². The summed E-state index contributed by atoms with van der Waals surface area (Å²) in [6.45, 7) is 4.32. The molecule has 0 saturated carbocycles. The first-order valence-corrected chi connectivity index (χ1v) is 7.18. The summed E-state index contributed by atoms with van der Waals surface area (Å²) in [7, 11) is 0. The fourth-order valence-electron chi connectivity index (χ4n) is 2.20. The second-order valence-electron chi connectivity index (χ2n) is 5.18. The van der Waals surface area contributed by atoms with Crippen LogP contribution < -0.4 is 5.73 Å². The number of esters is 4. The molecule has 1 heterocycles. The van der Waals surface area contributed by atoms with E-state index in [-0.39, 0.29) is 19.0 Å². The maximum absolute atomic E-state index is 11.3. The smallest absolute Gasteiger partial charge is 0.304 e. The lowest BCUT2D eigenvalue weighted by Gasteiger charge is -2.42. The van der Waals surface area contributed by atoms with E-state index in [2.05, 4.69) is 0 Å². The zero-order valence-electron chi connectivity index (χ0n) is 14.3. The summed E-state index contributed by atoms with van der Waals surface area (Å²) in [5.41, 5.74) is 5.93. The normalized spacial score (nSPS) is 28.1. The summed E-state index contributed by atoms with van der Waals surface area (Å²) in [5, 5.41) is 0. The van der Waals surface area contributed by atoms with Crippen LogP contribution in [0.2, 0.25) is 0 Å². The molecule has 0 aliphatic carbocycles. The molecule has 10 nitrogen and oxygen atoms in total. The van der Waals surface area contributed by atoms with E-state index < -0.39 is 54.5 Å². The lowest BCUT2D eigenvalue weighted by Crippen LogP contribution is -2.65. The van der Waals surface area contributed by atoms with E-state index >= 15 is 0 Å². The Balaban J connectivity index is 0.00000576. The molecule has 0 bridgehead atoms. The van der Waals surface area contributed by atoms with Gasteiger partial charge in [0.2, 0.25) is 6.29 Å². The van der Waals surface area contributed by atoms with Crippen LogP contribution in [0.4, 0.5) is 0 Å². The summed E-state index contributed by atoms with van der Waals surface area (Å²) < 4.78 is 25.5. The summed E-state index contributed by atoms with van der Waals surface area (Å²) in [4.78, 5) is 44.9. The second-order valence-corrected chi connectivity index (χ2v) is 5.18. The van der Waals surface area contributed by atoms with Crippen molar-refractivity contribution in [3.8, 4) is 0 Å². The molecule has 3 unspecified atom stereocenters. The molecule has 1 aliphatic heterocycles. The first-order chi connectivity index (χ1) is 11.1. The Morgan fingerprint density at radius 1 is 0.840 bits per heavy atom. The predicted octanol–water partition coefficient (Wildman–Crippen LogP) is -0.550. The van der Waals surface area contributed by atoms with Gasteiger partial charge < -0.3 is 29.4 Å². The van der Waals surface area contributed by atoms with Gasteiger partial charge in [-0.15, -0.1) is 12.4 Å². The topological polar surface area (TPSA) is 140 Å². The molecule has 144 valence electrons. The maximum Gasteiger partial charge on any atom is 0.304 e. The highest BCUT2D eigenvalue weighted by Crippen LogP contribution is 2.26. The molecule has 0 aromatic rings. The molecule has 1 fully saturated rings. The monoisotopic (exact) mass is 383 g/mol. The summed E-state index contributed by atoms with van der Waals surface area (Å²) in [5.74, 6) is -2.62. The van der Waals surface area contributed by atoms with Crippen molar-refractivity contribution < 1.29 is 42.9 Å². The first-order valence-electron chi connectivity index (χ1n) is 7.18. The van der Waals surface area contributed by atoms with Crippen molar-refractivity contribution in [1.29, 1.82) is 0 Å². The minimum Gasteiger partial charge on any atom is -0.463 e. The fourth-order valence-corrected chi connectivity index (χ4v) is 2.20. The van der Waals surface area contributed by atoms with E-state index in [0.29, 0.717) is 0 Å². The van der Waals surface area contributed by atoms with Gasteiger partial charge in [-0.25, -0.2) is 0 Å². The minimum atomic E-state index is -1.26. The Morgan fingerprint density at radius 3 is 1.76 bits per heavy atom. The molecular formula is C14H22ClNO9. The Hall–Kier alpha value is -1.91. The molecule has 0 radical (unpaired) electrons. The van der Waals surface area contributed by atoms with Gasteiger partial charge in [-0.3, -0.25) is 19.2 Å². The van der Waals surface area contributed by atoms with Gasteiger partial charge in [0.1, 0.15) is 18.8 Å². The van der Waals surface area contributed by atoms with E-state index in [1.807, 2.05) is 0 Å². The maximum atomic E-state index is 11.3. The molecule has 0 spiro atoms. The number of hydrogen-bond acceptors (Lipinski definition) is 10. The van der Waals surface area contributed by atoms with Gasteiger partial charge in [0, 0.05) is 27.7 Å². The molecule has 1 rings (SSSR count). The lowest BCUT2D eigenvalue weighted by atomic mass is 9.97. The van der Waals surface area contributed by atoms with Crippen LogP contribution in [0.1, 0.15) is 27.7 Å². The zero-order chi connectivity index (χ0) is 18.4. The van der Waals surface area contributed by atoms with Gasteiger partial charge in [-0.1, -0.05) is 0 Å². The Bertz CT molecular complexity index is 497. The van der Waals surface area contributed by atoms with Crippen molar-refractivity contribution in [2.45, 2.75) is 58.3 Å². The van der Waals surface area contributed by atoms with Gasteiger partial charge in [-0.2, -0.15) is 0 Å². The number of carbonyl (C=O) groups is 4. The zero-order valence-corrected chi connectivity index (χ0v) is 15.1. The van der Waals surface area contributed by atoms with Crippen molar-refractivity contribution in [2.24, 2.45) is 5.73 Å². The van der Waals surface area contributed by atoms with Crippen LogP contribution in [0.25, 0.3) is 0 Å². The van der Waals surface area contributed by atoms with Crippen molar-refractivity contribution in [1.82, 2.24) is 0 Å². The van der Waals surface area contributed by atoms with Gasteiger partial charge in [-0.05, 0) is 0 Å². The molecule has 2 N–H and O–H groups in total. The van der Waals surface area contributed by atoms with Crippen LogP contribution >= 0.6 is 12.4 Å². The Kier molecular flexibility index (Phi) is 9.39. The van der Waals surface area contributed by atoms with Gasteiger partial charge >= 0.3 is 23.9 Å². The van der Waals surface area contributed by atoms with E-state index in [1.54, 1.807) is 0 Å². The Morgan fingerprint density at radius 2 is 1.32 bits per heavy atom. The Labute approximate surface area is 150 Å². The van der Waals surface area contributed by atoms with Crippen LogP contribution in [0.3, 0.4) is 0 Å². The van der Waals surface area contributed by atoms with Crippen molar-refractivity contribution in [2.75, 3.05) is 6.61 Å². The molecule has 0 aromatic carbocycles. The second kappa shape index (κ2) is 10.2. The summed E-state index contributed by atoms with van der Waals surface area (Å²) in [6.07, 6.45) is -4.58. The number of ether oxygens (including phenoxy) is 5. The van der Waals surface area contributed by atoms with Crippen molar-refractivity contribution in [3.63, 3.8) is 0 Å². The van der Waals surface area contributed by atoms with Gasteiger partial charge in [0.05, 0.1) is 0 Å². The third-order valence-corrected chi connectivity index (χ3v) is 3.03. The third-order valence-electron chi connectivity index (χ3n) is 3.03. The number of nitrogens with two attached hydrogens (primary N) is 1. The van der Waals surface area contributed by atoms with Crippen molar-refractivity contribution >= 4 is 36.3 Å². The molecule has 0 amide bonds. The molecule has 25 heavy (non-hydrogen) atoms. The van der Waals surface area contributed by atoms with E-state index in [1.165, 1.54) is 6.92 Å². The third kappa shape index (κ3) is 7.24. The van der Waals surface area contributed by atoms with E-state index in [0.717, 1.165) is 20.8 Å². The highest BCUT2D eigenvalue weighted by molar-refractivity contribution is 5.85. The molecule has 1 aliphatic rings. The molecule has 1 saturated heterocycles. The number of hydrogen-bond donors (Lipinski definition) is 1. The fraction of sp³-hybridized carbons (Fsp3) is 0.714. The van der Waals surface area contributed by atoms with Crippen LogP contribution in [-0.2, 0) is 42.9 Å². The highest BCUT2D eigenvalue weighted by atomic mass is 35.5. The van der Waals surface area contributed by atoms with Crippen LogP contribution in [0.5, 0.6) is 0 Å². The average Bonchev–Trinajstić information content (AvgIpc) is 2.42.